The van der Waals surface area contributed by atoms with E-state index in [1.54, 1.807) is 6.92 Å². The number of rotatable bonds is 3. The van der Waals surface area contributed by atoms with Crippen molar-refractivity contribution in [3.05, 3.63) is 46.3 Å². The minimum Gasteiger partial charge on any atom is -0.322 e. The lowest BCUT2D eigenvalue weighted by atomic mass is 10.2. The third kappa shape index (κ3) is 2.88. The SMILES string of the molecule is CC=CC(=O)Nc1ccc(F)c([N+](=O)[O-])c1. The maximum Gasteiger partial charge on any atom is 0.306 e. The van der Waals surface area contributed by atoms with Crippen molar-refractivity contribution in [3.8, 4) is 0 Å². The highest BCUT2D eigenvalue weighted by Gasteiger charge is 2.14. The number of hydrogen-bond acceptors (Lipinski definition) is 3. The number of nitrogens with zero attached hydrogens (tertiary/aromatic N) is 1. The number of nitro benzene ring substituents is 1. The van der Waals surface area contributed by atoms with Crippen molar-refractivity contribution in [3.63, 3.8) is 0 Å². The molecule has 0 aromatic heterocycles. The maximum absolute atomic E-state index is 12.9. The number of amides is 1. The van der Waals surface area contributed by atoms with Gasteiger partial charge in [-0.2, -0.15) is 4.39 Å². The van der Waals surface area contributed by atoms with Crippen molar-refractivity contribution in [2.24, 2.45) is 0 Å². The molecule has 16 heavy (non-hydrogen) atoms. The van der Waals surface area contributed by atoms with Crippen LogP contribution in [0.25, 0.3) is 0 Å². The molecule has 1 aromatic carbocycles. The van der Waals surface area contributed by atoms with Crippen LogP contribution in [0, 0.1) is 15.9 Å². The summed E-state index contributed by atoms with van der Waals surface area (Å²) in [6.45, 7) is 1.66. The Morgan fingerprint density at radius 2 is 2.25 bits per heavy atom. The molecule has 0 radical (unpaired) electrons. The highest BCUT2D eigenvalue weighted by atomic mass is 19.1. The zero-order valence-electron chi connectivity index (χ0n) is 8.44. The van der Waals surface area contributed by atoms with Crippen molar-refractivity contribution in [2.75, 3.05) is 5.32 Å². The van der Waals surface area contributed by atoms with Gasteiger partial charge in [-0.3, -0.25) is 14.9 Å². The van der Waals surface area contributed by atoms with E-state index in [2.05, 4.69) is 5.32 Å². The summed E-state index contributed by atoms with van der Waals surface area (Å²) in [4.78, 5) is 20.7. The Balaban J connectivity index is 2.95. The van der Waals surface area contributed by atoms with Gasteiger partial charge in [-0.1, -0.05) is 6.08 Å². The third-order valence-electron chi connectivity index (χ3n) is 1.73. The molecule has 0 fully saturated rings. The van der Waals surface area contributed by atoms with Crippen molar-refractivity contribution in [2.45, 2.75) is 6.92 Å². The fourth-order valence-corrected chi connectivity index (χ4v) is 1.07. The maximum atomic E-state index is 12.9. The van der Waals surface area contributed by atoms with Gasteiger partial charge in [0.25, 0.3) is 0 Å². The second-order valence-corrected chi connectivity index (χ2v) is 2.91. The van der Waals surface area contributed by atoms with Crippen LogP contribution in [0.15, 0.2) is 30.4 Å². The van der Waals surface area contributed by atoms with Gasteiger partial charge < -0.3 is 5.32 Å². The van der Waals surface area contributed by atoms with Crippen molar-refractivity contribution < 1.29 is 14.1 Å². The van der Waals surface area contributed by atoms with Gasteiger partial charge >= 0.3 is 5.69 Å². The van der Waals surface area contributed by atoms with Crippen LogP contribution in [0.1, 0.15) is 6.92 Å². The summed E-state index contributed by atoms with van der Waals surface area (Å²) in [5.74, 6) is -1.36. The van der Waals surface area contributed by atoms with E-state index in [0.717, 1.165) is 12.1 Å². The zero-order chi connectivity index (χ0) is 12.1. The molecule has 1 rings (SSSR count). The monoisotopic (exact) mass is 224 g/mol. The minimum absolute atomic E-state index is 0.177. The van der Waals surface area contributed by atoms with Gasteiger partial charge in [-0.15, -0.1) is 0 Å². The van der Waals surface area contributed by atoms with Crippen LogP contribution in [0.5, 0.6) is 0 Å². The quantitative estimate of drug-likeness (QED) is 0.486. The average molecular weight is 224 g/mol. The van der Waals surface area contributed by atoms with E-state index in [1.165, 1.54) is 18.2 Å². The standard InChI is InChI=1S/C10H9FN2O3/c1-2-3-10(14)12-7-4-5-8(11)9(6-7)13(15)16/h2-6H,1H3,(H,12,14). The molecule has 6 heteroatoms. The molecule has 0 saturated heterocycles. The minimum atomic E-state index is -0.936. The molecule has 5 nitrogen and oxygen atoms in total. The van der Waals surface area contributed by atoms with Crippen LogP contribution in [-0.4, -0.2) is 10.8 Å². The fourth-order valence-electron chi connectivity index (χ4n) is 1.07. The van der Waals surface area contributed by atoms with Gasteiger partial charge in [0.2, 0.25) is 11.7 Å². The first-order valence-electron chi connectivity index (χ1n) is 4.42. The second-order valence-electron chi connectivity index (χ2n) is 2.91. The molecule has 0 aliphatic rings. The van der Waals surface area contributed by atoms with Crippen LogP contribution in [0.4, 0.5) is 15.8 Å². The van der Waals surface area contributed by atoms with E-state index < -0.39 is 22.3 Å². The summed E-state index contributed by atoms with van der Waals surface area (Å²) in [6, 6.07) is 3.16. The molecular formula is C10H9FN2O3. The molecule has 0 heterocycles. The van der Waals surface area contributed by atoms with Gasteiger partial charge in [0.05, 0.1) is 4.92 Å². The van der Waals surface area contributed by atoms with E-state index in [-0.39, 0.29) is 5.69 Å². The molecule has 84 valence electrons. The van der Waals surface area contributed by atoms with E-state index in [9.17, 15) is 19.3 Å². The number of carbonyl (C=O) groups is 1. The molecule has 1 N–H and O–H groups in total. The molecular weight excluding hydrogens is 215 g/mol. The van der Waals surface area contributed by atoms with E-state index >= 15 is 0 Å². The van der Waals surface area contributed by atoms with E-state index in [1.807, 2.05) is 0 Å². The van der Waals surface area contributed by atoms with Crippen LogP contribution in [-0.2, 0) is 4.79 Å². The topological polar surface area (TPSA) is 72.2 Å². The first-order valence-corrected chi connectivity index (χ1v) is 4.42. The summed E-state index contributed by atoms with van der Waals surface area (Å²) >= 11 is 0. The lowest BCUT2D eigenvalue weighted by molar-refractivity contribution is -0.387. The number of carbonyl (C=O) groups excluding carboxylic acids is 1. The van der Waals surface area contributed by atoms with Crippen molar-refractivity contribution in [1.29, 1.82) is 0 Å². The van der Waals surface area contributed by atoms with Crippen LogP contribution in [0.2, 0.25) is 0 Å². The molecule has 0 unspecified atom stereocenters. The molecule has 1 amide bonds. The lowest BCUT2D eigenvalue weighted by Crippen LogP contribution is -2.08. The second kappa shape index (κ2) is 5.01. The molecule has 0 atom stereocenters. The Morgan fingerprint density at radius 3 is 2.81 bits per heavy atom. The van der Waals surface area contributed by atoms with E-state index in [0.29, 0.717) is 0 Å². The first-order chi connectivity index (χ1) is 7.54. The Bertz CT molecular complexity index is 457. The summed E-state index contributed by atoms with van der Waals surface area (Å²) in [5.41, 5.74) is -0.491. The largest absolute Gasteiger partial charge is 0.322 e. The summed E-state index contributed by atoms with van der Waals surface area (Å²) in [7, 11) is 0. The number of anilines is 1. The highest BCUT2D eigenvalue weighted by molar-refractivity contribution is 5.99. The molecule has 0 bridgehead atoms. The Labute approximate surface area is 90.7 Å². The number of benzene rings is 1. The summed E-state index contributed by atoms with van der Waals surface area (Å²) in [5, 5.41) is 12.8. The van der Waals surface area contributed by atoms with Crippen LogP contribution >= 0.6 is 0 Å². The third-order valence-corrected chi connectivity index (χ3v) is 1.73. The molecule has 0 aliphatic carbocycles. The summed E-state index contributed by atoms with van der Waals surface area (Å²) < 4.78 is 12.9. The number of nitro groups is 1. The summed E-state index contributed by atoms with van der Waals surface area (Å²) in [6.07, 6.45) is 2.78. The Kier molecular flexibility index (Phi) is 3.71. The number of halogens is 1. The van der Waals surface area contributed by atoms with Gasteiger partial charge in [0.1, 0.15) is 0 Å². The van der Waals surface area contributed by atoms with Crippen molar-refractivity contribution in [1.82, 2.24) is 0 Å². The normalized spacial score (nSPS) is 10.4. The smallest absolute Gasteiger partial charge is 0.306 e. The number of hydrogen-bond donors (Lipinski definition) is 1. The predicted molar refractivity (Wildman–Crippen MR) is 56.5 cm³/mol. The Morgan fingerprint density at radius 1 is 1.56 bits per heavy atom. The van der Waals surface area contributed by atoms with Crippen LogP contribution in [0.3, 0.4) is 0 Å². The van der Waals surface area contributed by atoms with E-state index in [4.69, 9.17) is 0 Å². The first kappa shape index (κ1) is 11.8. The zero-order valence-corrected chi connectivity index (χ0v) is 8.44. The highest BCUT2D eigenvalue weighted by Crippen LogP contribution is 2.21. The molecule has 1 aromatic rings. The van der Waals surface area contributed by atoms with Crippen LogP contribution < -0.4 is 5.32 Å². The molecule has 0 spiro atoms. The number of nitrogens with one attached hydrogen (secondary N) is 1. The van der Waals surface area contributed by atoms with Gasteiger partial charge in [0.15, 0.2) is 0 Å². The lowest BCUT2D eigenvalue weighted by Gasteiger charge is -2.02. The van der Waals surface area contributed by atoms with Gasteiger partial charge in [-0.05, 0) is 25.1 Å². The number of allylic oxidation sites excluding steroid dienone is 1. The van der Waals surface area contributed by atoms with Gasteiger partial charge in [-0.25, -0.2) is 0 Å². The molecule has 0 saturated carbocycles. The van der Waals surface area contributed by atoms with Gasteiger partial charge in [0, 0.05) is 11.8 Å². The predicted octanol–water partition coefficient (Wildman–Crippen LogP) is 2.25. The van der Waals surface area contributed by atoms with Crippen molar-refractivity contribution >= 4 is 17.3 Å². The molecule has 0 aliphatic heterocycles. The average Bonchev–Trinajstić information content (AvgIpc) is 2.21. The Hall–Kier alpha value is -2.24. The fraction of sp³-hybridized carbons (Fsp3) is 0.100.